The van der Waals surface area contributed by atoms with E-state index in [1.165, 1.54) is 0 Å². The van der Waals surface area contributed by atoms with Gasteiger partial charge in [-0.2, -0.15) is 0 Å². The van der Waals surface area contributed by atoms with Crippen LogP contribution < -0.4 is 0 Å². The summed E-state index contributed by atoms with van der Waals surface area (Å²) in [6.45, 7) is 6.02. The maximum atomic E-state index is 9.87. The quantitative estimate of drug-likeness (QED) is 0.809. The average Bonchev–Trinajstić information content (AvgIpc) is 2.11. The summed E-state index contributed by atoms with van der Waals surface area (Å²) >= 11 is 5.99. The van der Waals surface area contributed by atoms with Gasteiger partial charge in [0.05, 0.1) is 6.10 Å². The van der Waals surface area contributed by atoms with Crippen LogP contribution in [-0.2, 0) is 0 Å². The van der Waals surface area contributed by atoms with Gasteiger partial charge in [-0.25, -0.2) is 0 Å². The van der Waals surface area contributed by atoms with Gasteiger partial charge in [0.2, 0.25) is 0 Å². The van der Waals surface area contributed by atoms with Gasteiger partial charge in [0.15, 0.2) is 0 Å². The van der Waals surface area contributed by atoms with E-state index in [-0.39, 0.29) is 6.10 Å². The molecule has 0 saturated carbocycles. The van der Waals surface area contributed by atoms with E-state index in [2.05, 4.69) is 6.92 Å². The fraction of sp³-hybridized carbons (Fsp3) is 0.500. The number of hydrogen-bond donors (Lipinski definition) is 1. The Labute approximate surface area is 90.7 Å². The molecule has 1 rings (SSSR count). The topological polar surface area (TPSA) is 20.2 Å². The van der Waals surface area contributed by atoms with E-state index in [0.29, 0.717) is 0 Å². The minimum atomic E-state index is -0.351. The van der Waals surface area contributed by atoms with Crippen LogP contribution in [0.4, 0.5) is 0 Å². The lowest BCUT2D eigenvalue weighted by Gasteiger charge is -2.14. The van der Waals surface area contributed by atoms with Gasteiger partial charge in [-0.05, 0) is 43.0 Å². The van der Waals surface area contributed by atoms with Crippen LogP contribution >= 0.6 is 11.6 Å². The van der Waals surface area contributed by atoms with Crippen molar-refractivity contribution in [1.82, 2.24) is 0 Å². The number of rotatable bonds is 3. The maximum Gasteiger partial charge on any atom is 0.0792 e. The summed E-state index contributed by atoms with van der Waals surface area (Å²) in [7, 11) is 0. The molecule has 1 aromatic rings. The van der Waals surface area contributed by atoms with Crippen molar-refractivity contribution >= 4 is 11.6 Å². The van der Waals surface area contributed by atoms with Crippen molar-refractivity contribution < 1.29 is 5.11 Å². The van der Waals surface area contributed by atoms with Crippen molar-refractivity contribution in [2.24, 2.45) is 0 Å². The van der Waals surface area contributed by atoms with E-state index in [4.69, 9.17) is 11.6 Å². The molecule has 0 spiro atoms. The molecule has 78 valence electrons. The van der Waals surface area contributed by atoms with Gasteiger partial charge >= 0.3 is 0 Å². The van der Waals surface area contributed by atoms with Crippen molar-refractivity contribution in [3.8, 4) is 0 Å². The molecule has 1 N–H and O–H groups in total. The minimum Gasteiger partial charge on any atom is -0.388 e. The fourth-order valence-corrected chi connectivity index (χ4v) is 1.81. The van der Waals surface area contributed by atoms with E-state index in [0.717, 1.165) is 34.6 Å². The van der Waals surface area contributed by atoms with Crippen LogP contribution in [0.1, 0.15) is 42.6 Å². The van der Waals surface area contributed by atoms with Crippen molar-refractivity contribution in [2.45, 2.75) is 39.7 Å². The molecule has 0 radical (unpaired) electrons. The van der Waals surface area contributed by atoms with E-state index in [9.17, 15) is 5.11 Å². The number of aliphatic hydroxyl groups excluding tert-OH is 1. The number of aliphatic hydroxyl groups is 1. The molecule has 0 aliphatic carbocycles. The highest BCUT2D eigenvalue weighted by Gasteiger charge is 2.10. The fourth-order valence-electron chi connectivity index (χ4n) is 1.59. The third-order valence-corrected chi connectivity index (χ3v) is 2.88. The van der Waals surface area contributed by atoms with Gasteiger partial charge in [0, 0.05) is 5.02 Å². The lowest BCUT2D eigenvalue weighted by Crippen LogP contribution is -2.00. The molecule has 0 saturated heterocycles. The summed E-state index contributed by atoms with van der Waals surface area (Å²) in [5, 5.41) is 10.6. The Kier molecular flexibility index (Phi) is 3.97. The van der Waals surface area contributed by atoms with Gasteiger partial charge < -0.3 is 5.11 Å². The highest BCUT2D eigenvalue weighted by molar-refractivity contribution is 6.31. The normalized spacial score (nSPS) is 12.9. The van der Waals surface area contributed by atoms with E-state index in [1.807, 2.05) is 26.0 Å². The summed E-state index contributed by atoms with van der Waals surface area (Å²) in [4.78, 5) is 0. The standard InChI is InChI=1S/C12H17ClO/c1-4-5-12(14)10-6-9(3)11(13)7-8(10)2/h6-7,12,14H,4-5H2,1-3H3. The van der Waals surface area contributed by atoms with Gasteiger partial charge in [0.25, 0.3) is 0 Å². The van der Waals surface area contributed by atoms with E-state index >= 15 is 0 Å². The Balaban J connectivity index is 3.02. The van der Waals surface area contributed by atoms with Gasteiger partial charge in [-0.1, -0.05) is 31.0 Å². The summed E-state index contributed by atoms with van der Waals surface area (Å²) < 4.78 is 0. The predicted octanol–water partition coefficient (Wildman–Crippen LogP) is 3.79. The van der Waals surface area contributed by atoms with Crippen LogP contribution in [0, 0.1) is 13.8 Å². The molecule has 0 aromatic heterocycles. The molecule has 14 heavy (non-hydrogen) atoms. The van der Waals surface area contributed by atoms with Crippen LogP contribution in [0.3, 0.4) is 0 Å². The number of benzene rings is 1. The van der Waals surface area contributed by atoms with Crippen molar-refractivity contribution in [3.63, 3.8) is 0 Å². The monoisotopic (exact) mass is 212 g/mol. The first-order valence-electron chi connectivity index (χ1n) is 5.01. The molecule has 1 unspecified atom stereocenters. The SMILES string of the molecule is CCCC(O)c1cc(C)c(Cl)cc1C. The van der Waals surface area contributed by atoms with Gasteiger partial charge in [-0.3, -0.25) is 0 Å². The average molecular weight is 213 g/mol. The van der Waals surface area contributed by atoms with Crippen molar-refractivity contribution in [2.75, 3.05) is 0 Å². The third-order valence-electron chi connectivity index (χ3n) is 2.47. The Bertz CT molecular complexity index is 320. The van der Waals surface area contributed by atoms with Crippen LogP contribution in [0.15, 0.2) is 12.1 Å². The molecular weight excluding hydrogens is 196 g/mol. The third kappa shape index (κ3) is 2.49. The van der Waals surface area contributed by atoms with Gasteiger partial charge in [0.1, 0.15) is 0 Å². The summed E-state index contributed by atoms with van der Waals surface area (Å²) in [5.74, 6) is 0. The second-order valence-corrected chi connectivity index (χ2v) is 4.17. The van der Waals surface area contributed by atoms with Crippen LogP contribution in [0.2, 0.25) is 5.02 Å². The van der Waals surface area contributed by atoms with Crippen LogP contribution in [0.5, 0.6) is 0 Å². The molecule has 0 bridgehead atoms. The number of hydrogen-bond acceptors (Lipinski definition) is 1. The van der Waals surface area contributed by atoms with E-state index in [1.54, 1.807) is 0 Å². The summed E-state index contributed by atoms with van der Waals surface area (Å²) in [6.07, 6.45) is 1.44. The summed E-state index contributed by atoms with van der Waals surface area (Å²) in [6, 6.07) is 3.91. The Morgan fingerprint density at radius 2 is 1.93 bits per heavy atom. The number of halogens is 1. The first kappa shape index (κ1) is 11.5. The first-order valence-corrected chi connectivity index (χ1v) is 5.38. The molecule has 1 nitrogen and oxygen atoms in total. The molecule has 1 atom stereocenters. The number of aryl methyl sites for hydroxylation is 2. The molecule has 2 heteroatoms. The van der Waals surface area contributed by atoms with E-state index < -0.39 is 0 Å². The molecule has 0 aliphatic heterocycles. The largest absolute Gasteiger partial charge is 0.388 e. The minimum absolute atomic E-state index is 0.351. The molecule has 0 aliphatic rings. The van der Waals surface area contributed by atoms with Crippen molar-refractivity contribution in [3.05, 3.63) is 33.8 Å². The molecule has 0 amide bonds. The maximum absolute atomic E-state index is 9.87. The highest BCUT2D eigenvalue weighted by Crippen LogP contribution is 2.27. The smallest absolute Gasteiger partial charge is 0.0792 e. The zero-order valence-electron chi connectivity index (χ0n) is 8.97. The Morgan fingerprint density at radius 3 is 2.50 bits per heavy atom. The molecule has 0 heterocycles. The zero-order valence-corrected chi connectivity index (χ0v) is 9.73. The van der Waals surface area contributed by atoms with Crippen LogP contribution in [0.25, 0.3) is 0 Å². The Hall–Kier alpha value is -0.530. The molecular formula is C12H17ClO. The second kappa shape index (κ2) is 4.81. The lowest BCUT2D eigenvalue weighted by atomic mass is 9.98. The lowest BCUT2D eigenvalue weighted by molar-refractivity contribution is 0.165. The zero-order chi connectivity index (χ0) is 10.7. The van der Waals surface area contributed by atoms with Crippen LogP contribution in [-0.4, -0.2) is 5.11 Å². The molecule has 1 aromatic carbocycles. The Morgan fingerprint density at radius 1 is 1.29 bits per heavy atom. The first-order chi connectivity index (χ1) is 6.56. The van der Waals surface area contributed by atoms with Gasteiger partial charge in [-0.15, -0.1) is 0 Å². The highest BCUT2D eigenvalue weighted by atomic mass is 35.5. The second-order valence-electron chi connectivity index (χ2n) is 3.76. The summed E-state index contributed by atoms with van der Waals surface area (Å²) in [5.41, 5.74) is 3.11. The molecule has 0 fully saturated rings. The van der Waals surface area contributed by atoms with Crippen molar-refractivity contribution in [1.29, 1.82) is 0 Å². The predicted molar refractivity (Wildman–Crippen MR) is 60.8 cm³/mol.